The summed E-state index contributed by atoms with van der Waals surface area (Å²) in [4.78, 5) is 4.36. The van der Waals surface area contributed by atoms with Crippen LogP contribution in [0.4, 0.5) is 0 Å². The Balaban J connectivity index is 2.15. The Labute approximate surface area is 83.6 Å². The molecule has 0 spiro atoms. The first-order valence-corrected chi connectivity index (χ1v) is 4.90. The van der Waals surface area contributed by atoms with Crippen LogP contribution in [0.3, 0.4) is 0 Å². The molecule has 72 valence electrons. The SMILES string of the molecule is N#CC(N)CC1CCc2cccnc21. The molecule has 2 N–H and O–H groups in total. The molecule has 1 heterocycles. The first-order valence-electron chi connectivity index (χ1n) is 4.90. The van der Waals surface area contributed by atoms with Crippen molar-refractivity contribution in [1.82, 2.24) is 4.98 Å². The van der Waals surface area contributed by atoms with E-state index in [2.05, 4.69) is 17.1 Å². The molecule has 2 atom stereocenters. The zero-order valence-corrected chi connectivity index (χ0v) is 7.98. The molecule has 0 fully saturated rings. The molecule has 0 aliphatic heterocycles. The Morgan fingerprint density at radius 2 is 2.57 bits per heavy atom. The summed E-state index contributed by atoms with van der Waals surface area (Å²) in [5.41, 5.74) is 8.09. The fourth-order valence-electron chi connectivity index (χ4n) is 2.08. The van der Waals surface area contributed by atoms with E-state index in [1.165, 1.54) is 5.56 Å². The summed E-state index contributed by atoms with van der Waals surface area (Å²) in [7, 11) is 0. The Kier molecular flexibility index (Phi) is 2.47. The van der Waals surface area contributed by atoms with Gasteiger partial charge in [0.05, 0.1) is 12.1 Å². The van der Waals surface area contributed by atoms with Crippen LogP contribution in [0.5, 0.6) is 0 Å². The Morgan fingerprint density at radius 3 is 3.36 bits per heavy atom. The van der Waals surface area contributed by atoms with Crippen molar-refractivity contribution < 1.29 is 0 Å². The maximum absolute atomic E-state index is 8.65. The summed E-state index contributed by atoms with van der Waals surface area (Å²) in [6.07, 6.45) is 4.71. The number of nitrogens with zero attached hydrogens (tertiary/aromatic N) is 2. The van der Waals surface area contributed by atoms with E-state index in [9.17, 15) is 0 Å². The highest BCUT2D eigenvalue weighted by Gasteiger charge is 2.24. The Morgan fingerprint density at radius 1 is 1.71 bits per heavy atom. The molecule has 0 bridgehead atoms. The van der Waals surface area contributed by atoms with Gasteiger partial charge in [0.25, 0.3) is 0 Å². The molecule has 1 aromatic rings. The number of aromatic nitrogens is 1. The van der Waals surface area contributed by atoms with Crippen LogP contribution in [-0.2, 0) is 6.42 Å². The number of hydrogen-bond donors (Lipinski definition) is 1. The molecule has 1 aliphatic carbocycles. The third kappa shape index (κ3) is 1.61. The summed E-state index contributed by atoms with van der Waals surface area (Å²) in [5, 5.41) is 8.65. The van der Waals surface area contributed by atoms with Gasteiger partial charge in [0.1, 0.15) is 0 Å². The molecule has 0 radical (unpaired) electrons. The lowest BCUT2D eigenvalue weighted by atomic mass is 9.98. The van der Waals surface area contributed by atoms with Crippen LogP contribution in [-0.4, -0.2) is 11.0 Å². The van der Waals surface area contributed by atoms with Crippen molar-refractivity contribution in [3.8, 4) is 6.07 Å². The van der Waals surface area contributed by atoms with Gasteiger partial charge in [-0.3, -0.25) is 4.98 Å². The van der Waals surface area contributed by atoms with E-state index in [4.69, 9.17) is 11.0 Å². The van der Waals surface area contributed by atoms with Gasteiger partial charge in [0.15, 0.2) is 0 Å². The lowest BCUT2D eigenvalue weighted by molar-refractivity contribution is 0.573. The molecule has 14 heavy (non-hydrogen) atoms. The minimum atomic E-state index is -0.354. The van der Waals surface area contributed by atoms with Crippen LogP contribution >= 0.6 is 0 Å². The quantitative estimate of drug-likeness (QED) is 0.760. The standard InChI is InChI=1S/C11H13N3/c12-7-10(13)6-9-4-3-8-2-1-5-14-11(8)9/h1-2,5,9-10H,3-4,6,13H2. The number of aryl methyl sites for hydroxylation is 1. The molecule has 3 nitrogen and oxygen atoms in total. The lowest BCUT2D eigenvalue weighted by Crippen LogP contribution is -2.20. The highest BCUT2D eigenvalue weighted by molar-refractivity contribution is 5.28. The average Bonchev–Trinajstić information content (AvgIpc) is 2.62. The van der Waals surface area contributed by atoms with E-state index in [-0.39, 0.29) is 6.04 Å². The molecule has 3 heteroatoms. The van der Waals surface area contributed by atoms with Crippen molar-refractivity contribution >= 4 is 0 Å². The topological polar surface area (TPSA) is 62.7 Å². The third-order valence-electron chi connectivity index (χ3n) is 2.78. The normalized spacial score (nSPS) is 21.3. The van der Waals surface area contributed by atoms with Crippen LogP contribution in [0.2, 0.25) is 0 Å². The molecule has 0 saturated carbocycles. The Hall–Kier alpha value is -1.40. The van der Waals surface area contributed by atoms with Crippen LogP contribution in [0.25, 0.3) is 0 Å². The van der Waals surface area contributed by atoms with Gasteiger partial charge < -0.3 is 5.73 Å². The van der Waals surface area contributed by atoms with Crippen molar-refractivity contribution in [1.29, 1.82) is 5.26 Å². The molecule has 0 saturated heterocycles. The molecule has 0 aromatic carbocycles. The Bertz CT molecular complexity index is 367. The smallest absolute Gasteiger partial charge is 0.0934 e. The molecule has 2 unspecified atom stereocenters. The maximum Gasteiger partial charge on any atom is 0.0934 e. The molecular formula is C11H13N3. The van der Waals surface area contributed by atoms with Crippen LogP contribution in [0.1, 0.15) is 30.0 Å². The van der Waals surface area contributed by atoms with E-state index >= 15 is 0 Å². The number of nitrogens with two attached hydrogens (primary N) is 1. The van der Waals surface area contributed by atoms with Crippen molar-refractivity contribution in [2.45, 2.75) is 31.2 Å². The van der Waals surface area contributed by atoms with Gasteiger partial charge in [-0.05, 0) is 30.9 Å². The lowest BCUT2D eigenvalue weighted by Gasteiger charge is -2.10. The molecule has 2 rings (SSSR count). The van der Waals surface area contributed by atoms with Crippen molar-refractivity contribution in [3.63, 3.8) is 0 Å². The second kappa shape index (κ2) is 3.77. The van der Waals surface area contributed by atoms with E-state index in [1.54, 1.807) is 0 Å². The van der Waals surface area contributed by atoms with Crippen LogP contribution < -0.4 is 5.73 Å². The van der Waals surface area contributed by atoms with Crippen LogP contribution in [0.15, 0.2) is 18.3 Å². The van der Waals surface area contributed by atoms with Gasteiger partial charge in [-0.1, -0.05) is 6.07 Å². The maximum atomic E-state index is 8.65. The van der Waals surface area contributed by atoms with Gasteiger partial charge >= 0.3 is 0 Å². The van der Waals surface area contributed by atoms with Gasteiger partial charge in [-0.2, -0.15) is 5.26 Å². The number of pyridine rings is 1. The molecule has 1 aliphatic rings. The van der Waals surface area contributed by atoms with E-state index in [0.717, 1.165) is 25.0 Å². The van der Waals surface area contributed by atoms with Crippen LogP contribution in [0, 0.1) is 11.3 Å². The second-order valence-electron chi connectivity index (χ2n) is 3.75. The molecular weight excluding hydrogens is 174 g/mol. The number of nitriles is 1. The number of hydrogen-bond acceptors (Lipinski definition) is 3. The fraction of sp³-hybridized carbons (Fsp3) is 0.455. The van der Waals surface area contributed by atoms with Crippen molar-refractivity contribution in [2.24, 2.45) is 5.73 Å². The molecule has 0 amide bonds. The molecule has 1 aromatic heterocycles. The summed E-state index contributed by atoms with van der Waals surface area (Å²) in [6.45, 7) is 0. The van der Waals surface area contributed by atoms with E-state index in [1.807, 2.05) is 12.3 Å². The summed E-state index contributed by atoms with van der Waals surface area (Å²) in [6, 6.07) is 5.79. The number of rotatable bonds is 2. The third-order valence-corrected chi connectivity index (χ3v) is 2.78. The largest absolute Gasteiger partial charge is 0.316 e. The fourth-order valence-corrected chi connectivity index (χ4v) is 2.08. The summed E-state index contributed by atoms with van der Waals surface area (Å²) in [5.74, 6) is 0.390. The van der Waals surface area contributed by atoms with E-state index in [0.29, 0.717) is 5.92 Å². The van der Waals surface area contributed by atoms with Gasteiger partial charge in [0, 0.05) is 17.8 Å². The first-order chi connectivity index (χ1) is 6.81. The highest BCUT2D eigenvalue weighted by atomic mass is 14.7. The van der Waals surface area contributed by atoms with Gasteiger partial charge in [-0.25, -0.2) is 0 Å². The summed E-state index contributed by atoms with van der Waals surface area (Å²) < 4.78 is 0. The van der Waals surface area contributed by atoms with Gasteiger partial charge in [0.2, 0.25) is 0 Å². The van der Waals surface area contributed by atoms with Crippen molar-refractivity contribution in [3.05, 3.63) is 29.6 Å². The first kappa shape index (κ1) is 9.17. The summed E-state index contributed by atoms with van der Waals surface area (Å²) >= 11 is 0. The predicted molar refractivity (Wildman–Crippen MR) is 53.5 cm³/mol. The number of fused-ring (bicyclic) bond motifs is 1. The van der Waals surface area contributed by atoms with Gasteiger partial charge in [-0.15, -0.1) is 0 Å². The average molecular weight is 187 g/mol. The zero-order valence-electron chi connectivity index (χ0n) is 7.98. The predicted octanol–water partition coefficient (Wildman–Crippen LogP) is 1.35. The highest BCUT2D eigenvalue weighted by Crippen LogP contribution is 2.33. The minimum Gasteiger partial charge on any atom is -0.316 e. The van der Waals surface area contributed by atoms with Crippen molar-refractivity contribution in [2.75, 3.05) is 0 Å². The monoisotopic (exact) mass is 187 g/mol. The zero-order chi connectivity index (χ0) is 9.97. The second-order valence-corrected chi connectivity index (χ2v) is 3.75. The van der Waals surface area contributed by atoms with E-state index < -0.39 is 0 Å². The minimum absolute atomic E-state index is 0.354.